The van der Waals surface area contributed by atoms with Gasteiger partial charge in [-0.05, 0) is 24.8 Å². The van der Waals surface area contributed by atoms with Gasteiger partial charge in [-0.1, -0.05) is 18.2 Å². The first-order valence-corrected chi connectivity index (χ1v) is 7.46. The third-order valence-corrected chi connectivity index (χ3v) is 4.29. The van der Waals surface area contributed by atoms with Gasteiger partial charge in [-0.3, -0.25) is 4.90 Å². The minimum atomic E-state index is 0.752. The molecule has 3 heteroatoms. The fourth-order valence-electron chi connectivity index (χ4n) is 3.04. The van der Waals surface area contributed by atoms with Crippen molar-refractivity contribution >= 4 is 0 Å². The Bertz CT molecular complexity index is 329. The average Bonchev–Trinajstić information content (AvgIpc) is 3.21. The lowest BCUT2D eigenvalue weighted by Gasteiger charge is -2.27. The lowest BCUT2D eigenvalue weighted by molar-refractivity contribution is 0.240. The zero-order valence-corrected chi connectivity index (χ0v) is 11.2. The second kappa shape index (κ2) is 6.00. The zero-order valence-electron chi connectivity index (χ0n) is 11.2. The quantitative estimate of drug-likeness (QED) is 0.763. The second-order valence-corrected chi connectivity index (χ2v) is 5.68. The van der Waals surface area contributed by atoms with Crippen LogP contribution in [0.15, 0.2) is 23.8 Å². The van der Waals surface area contributed by atoms with E-state index in [4.69, 9.17) is 0 Å². The number of allylic oxidation sites excluding steroid dienone is 3. The van der Waals surface area contributed by atoms with Crippen LogP contribution in [0.5, 0.6) is 0 Å². The number of rotatable bonds is 5. The van der Waals surface area contributed by atoms with Gasteiger partial charge in [0.15, 0.2) is 0 Å². The molecule has 0 aromatic rings. The maximum absolute atomic E-state index is 3.71. The molecule has 0 bridgehead atoms. The fraction of sp³-hybridized carbons (Fsp3) is 0.733. The molecular weight excluding hydrogens is 222 g/mol. The van der Waals surface area contributed by atoms with Crippen molar-refractivity contribution in [1.82, 2.24) is 15.5 Å². The Morgan fingerprint density at radius 3 is 2.94 bits per heavy atom. The highest BCUT2D eigenvalue weighted by atomic mass is 15.2. The number of hydrogen-bond acceptors (Lipinski definition) is 3. The van der Waals surface area contributed by atoms with Crippen molar-refractivity contribution in [2.75, 3.05) is 39.3 Å². The van der Waals surface area contributed by atoms with Crippen LogP contribution in [0, 0.1) is 5.92 Å². The minimum Gasteiger partial charge on any atom is -0.314 e. The Labute approximate surface area is 110 Å². The van der Waals surface area contributed by atoms with Gasteiger partial charge in [0.1, 0.15) is 0 Å². The van der Waals surface area contributed by atoms with E-state index in [1.54, 1.807) is 5.57 Å². The molecule has 0 aromatic heterocycles. The van der Waals surface area contributed by atoms with Gasteiger partial charge in [-0.25, -0.2) is 0 Å². The van der Waals surface area contributed by atoms with E-state index in [-0.39, 0.29) is 0 Å². The van der Waals surface area contributed by atoms with Gasteiger partial charge in [0.25, 0.3) is 0 Å². The molecule has 2 unspecified atom stereocenters. The molecule has 2 fully saturated rings. The van der Waals surface area contributed by atoms with Crippen LogP contribution in [0.4, 0.5) is 0 Å². The highest BCUT2D eigenvalue weighted by Crippen LogP contribution is 2.39. The molecule has 2 aliphatic carbocycles. The van der Waals surface area contributed by atoms with E-state index in [9.17, 15) is 0 Å². The van der Waals surface area contributed by atoms with E-state index in [1.165, 1.54) is 38.9 Å². The van der Waals surface area contributed by atoms with Crippen molar-refractivity contribution in [2.45, 2.75) is 25.3 Å². The van der Waals surface area contributed by atoms with Crippen LogP contribution in [0.25, 0.3) is 0 Å². The Hall–Kier alpha value is -0.640. The highest BCUT2D eigenvalue weighted by molar-refractivity contribution is 5.31. The molecular formula is C15H25N3. The molecule has 1 aliphatic heterocycles. The molecule has 0 amide bonds. The first kappa shape index (κ1) is 12.4. The van der Waals surface area contributed by atoms with Crippen molar-refractivity contribution in [2.24, 2.45) is 5.92 Å². The van der Waals surface area contributed by atoms with Crippen molar-refractivity contribution in [3.05, 3.63) is 23.8 Å². The molecule has 3 rings (SSSR count). The van der Waals surface area contributed by atoms with Crippen LogP contribution in [0.1, 0.15) is 19.3 Å². The number of nitrogens with zero attached hydrogens (tertiary/aromatic N) is 1. The fourth-order valence-corrected chi connectivity index (χ4v) is 3.04. The smallest absolute Gasteiger partial charge is 0.0143 e. The van der Waals surface area contributed by atoms with Gasteiger partial charge in [-0.2, -0.15) is 0 Å². The third-order valence-electron chi connectivity index (χ3n) is 4.29. The lowest BCUT2D eigenvalue weighted by Crippen LogP contribution is -2.46. The predicted octanol–water partition coefficient (Wildman–Crippen LogP) is 1.15. The molecule has 1 saturated carbocycles. The summed E-state index contributed by atoms with van der Waals surface area (Å²) in [6.07, 6.45) is 10.9. The summed E-state index contributed by atoms with van der Waals surface area (Å²) < 4.78 is 0. The maximum Gasteiger partial charge on any atom is 0.0143 e. The van der Waals surface area contributed by atoms with Gasteiger partial charge in [0.05, 0.1) is 0 Å². The molecule has 18 heavy (non-hydrogen) atoms. The van der Waals surface area contributed by atoms with E-state index in [0.29, 0.717) is 0 Å². The van der Waals surface area contributed by atoms with Crippen molar-refractivity contribution in [1.29, 1.82) is 0 Å². The maximum atomic E-state index is 3.71. The first-order chi connectivity index (χ1) is 8.93. The number of piperazine rings is 1. The van der Waals surface area contributed by atoms with Gasteiger partial charge >= 0.3 is 0 Å². The Morgan fingerprint density at radius 1 is 1.28 bits per heavy atom. The predicted molar refractivity (Wildman–Crippen MR) is 75.7 cm³/mol. The number of hydrogen-bond donors (Lipinski definition) is 2. The van der Waals surface area contributed by atoms with E-state index in [1.807, 2.05) is 0 Å². The van der Waals surface area contributed by atoms with Crippen LogP contribution in [-0.4, -0.2) is 50.2 Å². The van der Waals surface area contributed by atoms with Crippen LogP contribution < -0.4 is 10.6 Å². The molecule has 0 aromatic carbocycles. The van der Waals surface area contributed by atoms with Crippen molar-refractivity contribution in [3.63, 3.8) is 0 Å². The Balaban J connectivity index is 1.33. The number of nitrogens with one attached hydrogen (secondary N) is 2. The molecule has 1 heterocycles. The standard InChI is InChI=1S/C15H25N3/c1-2-4-13(5-3-1)14-12-15(14)17-8-11-18-9-6-16-7-10-18/h2,4-5,14-17H,1,3,6-12H2. The van der Waals surface area contributed by atoms with E-state index >= 15 is 0 Å². The van der Waals surface area contributed by atoms with Crippen LogP contribution in [0.3, 0.4) is 0 Å². The molecule has 3 nitrogen and oxygen atoms in total. The van der Waals surface area contributed by atoms with E-state index in [2.05, 4.69) is 33.8 Å². The molecule has 3 aliphatic rings. The monoisotopic (exact) mass is 247 g/mol. The summed E-state index contributed by atoms with van der Waals surface area (Å²) in [6, 6.07) is 0.752. The third kappa shape index (κ3) is 3.22. The van der Waals surface area contributed by atoms with Crippen LogP contribution >= 0.6 is 0 Å². The van der Waals surface area contributed by atoms with Gasteiger partial charge in [0.2, 0.25) is 0 Å². The zero-order chi connectivity index (χ0) is 12.2. The van der Waals surface area contributed by atoms with Crippen molar-refractivity contribution < 1.29 is 0 Å². The summed E-state index contributed by atoms with van der Waals surface area (Å²) in [4.78, 5) is 2.56. The van der Waals surface area contributed by atoms with E-state index < -0.39 is 0 Å². The summed E-state index contributed by atoms with van der Waals surface area (Å²) in [5.74, 6) is 0.810. The van der Waals surface area contributed by atoms with Gasteiger partial charge in [-0.15, -0.1) is 0 Å². The van der Waals surface area contributed by atoms with Crippen molar-refractivity contribution in [3.8, 4) is 0 Å². The normalized spacial score (nSPS) is 32.3. The molecule has 2 atom stereocenters. The summed E-state index contributed by atoms with van der Waals surface area (Å²) in [6.45, 7) is 7.10. The van der Waals surface area contributed by atoms with E-state index in [0.717, 1.165) is 31.6 Å². The Morgan fingerprint density at radius 2 is 2.17 bits per heavy atom. The second-order valence-electron chi connectivity index (χ2n) is 5.68. The van der Waals surface area contributed by atoms with Crippen LogP contribution in [0.2, 0.25) is 0 Å². The summed E-state index contributed by atoms with van der Waals surface area (Å²) in [7, 11) is 0. The first-order valence-electron chi connectivity index (χ1n) is 7.46. The Kier molecular flexibility index (Phi) is 4.13. The topological polar surface area (TPSA) is 27.3 Å². The molecule has 1 saturated heterocycles. The molecule has 0 radical (unpaired) electrons. The van der Waals surface area contributed by atoms with Crippen LogP contribution in [-0.2, 0) is 0 Å². The summed E-state index contributed by atoms with van der Waals surface area (Å²) in [5, 5.41) is 7.11. The summed E-state index contributed by atoms with van der Waals surface area (Å²) in [5.41, 5.74) is 1.58. The average molecular weight is 247 g/mol. The lowest BCUT2D eigenvalue weighted by atomic mass is 10.0. The highest BCUT2D eigenvalue weighted by Gasteiger charge is 2.38. The van der Waals surface area contributed by atoms with Gasteiger partial charge < -0.3 is 10.6 Å². The molecule has 100 valence electrons. The largest absolute Gasteiger partial charge is 0.314 e. The van der Waals surface area contributed by atoms with Gasteiger partial charge in [0, 0.05) is 51.2 Å². The SMILES string of the molecule is C1=CC(C2CC2NCCN2CCNCC2)=CCC1. The minimum absolute atomic E-state index is 0.752. The molecule has 0 spiro atoms. The summed E-state index contributed by atoms with van der Waals surface area (Å²) >= 11 is 0. The molecule has 2 N–H and O–H groups in total.